The van der Waals surface area contributed by atoms with E-state index in [9.17, 15) is 22.9 Å². The monoisotopic (exact) mass is 512 g/mol. The van der Waals surface area contributed by atoms with Crippen LogP contribution in [0.25, 0.3) is 10.9 Å². The van der Waals surface area contributed by atoms with Crippen LogP contribution in [0.15, 0.2) is 41.5 Å². The first-order valence-corrected chi connectivity index (χ1v) is 13.0. The van der Waals surface area contributed by atoms with E-state index in [1.165, 1.54) is 19.2 Å². The zero-order valence-corrected chi connectivity index (χ0v) is 20.6. The lowest BCUT2D eigenvalue weighted by atomic mass is 9.61. The first-order chi connectivity index (χ1) is 17.2. The minimum absolute atomic E-state index is 0.0784. The van der Waals surface area contributed by atoms with E-state index in [0.717, 1.165) is 42.4 Å². The summed E-state index contributed by atoms with van der Waals surface area (Å²) in [6.07, 6.45) is 3.39. The van der Waals surface area contributed by atoms with E-state index < -0.39 is 21.8 Å². The number of nitriles is 1. The second-order valence-electron chi connectivity index (χ2n) is 9.34. The van der Waals surface area contributed by atoms with Gasteiger partial charge in [-0.15, -0.1) is 0 Å². The quantitative estimate of drug-likeness (QED) is 0.498. The normalized spacial score (nSPS) is 17.0. The van der Waals surface area contributed by atoms with Crippen LogP contribution >= 0.6 is 0 Å². The number of fused-ring (bicyclic) bond motifs is 1. The molecule has 0 bridgehead atoms. The summed E-state index contributed by atoms with van der Waals surface area (Å²) >= 11 is 0. The number of nitrogens with one attached hydrogen (secondary N) is 2. The number of hydrogen-bond acceptors (Lipinski definition) is 7. The van der Waals surface area contributed by atoms with Crippen molar-refractivity contribution >= 4 is 26.8 Å². The lowest BCUT2D eigenvalue weighted by Crippen LogP contribution is -2.61. The number of aromatic nitrogens is 2. The Balaban J connectivity index is 1.47. The molecule has 0 atom stereocenters. The summed E-state index contributed by atoms with van der Waals surface area (Å²) in [6.45, 7) is 3.78. The van der Waals surface area contributed by atoms with Gasteiger partial charge in [-0.1, -0.05) is 6.92 Å². The Kier molecular flexibility index (Phi) is 5.94. The molecule has 0 amide bonds. The fourth-order valence-electron chi connectivity index (χ4n) is 4.70. The minimum Gasteiger partial charge on any atom is -0.453 e. The van der Waals surface area contributed by atoms with Crippen LogP contribution in [-0.2, 0) is 10.2 Å². The summed E-state index contributed by atoms with van der Waals surface area (Å²) in [5.74, 6) is -1.18. The third-order valence-electron chi connectivity index (χ3n) is 7.02. The summed E-state index contributed by atoms with van der Waals surface area (Å²) in [6, 6.07) is 8.63. The molecule has 12 heteroatoms. The molecule has 3 aromatic rings. The third-order valence-corrected chi connectivity index (χ3v) is 8.58. The van der Waals surface area contributed by atoms with E-state index in [0.29, 0.717) is 10.9 Å². The Morgan fingerprint density at radius 1 is 1.33 bits per heavy atom. The first kappa shape index (κ1) is 24.2. The van der Waals surface area contributed by atoms with E-state index in [2.05, 4.69) is 15.0 Å². The van der Waals surface area contributed by atoms with Crippen LogP contribution in [0.5, 0.6) is 11.5 Å². The number of rotatable bonds is 7. The standard InChI is InChI=1S/C24H25FN6O4S/c1-3-30(2)36(33,34)29-21-7-5-19(25)22(18(21)11-26)35-16-4-6-20-17(8-16)23(32)31(14-28-20)15-9-24(10-15)12-27-13-24/h4-8,14-15,27,29H,3,9-10,12-13H2,1-2H3. The van der Waals surface area contributed by atoms with Gasteiger partial charge in [0.15, 0.2) is 11.6 Å². The molecule has 188 valence electrons. The van der Waals surface area contributed by atoms with Crippen LogP contribution < -0.4 is 20.3 Å². The molecule has 1 saturated carbocycles. The molecular formula is C24H25FN6O4S. The molecule has 0 unspecified atom stereocenters. The fraction of sp³-hybridized carbons (Fsp3) is 0.375. The lowest BCUT2D eigenvalue weighted by Gasteiger charge is -2.54. The predicted molar refractivity (Wildman–Crippen MR) is 132 cm³/mol. The van der Waals surface area contributed by atoms with Gasteiger partial charge in [0.2, 0.25) is 0 Å². The summed E-state index contributed by atoms with van der Waals surface area (Å²) in [5, 5.41) is 13.3. The summed E-state index contributed by atoms with van der Waals surface area (Å²) in [4.78, 5) is 17.6. The Labute approximate surface area is 207 Å². The zero-order valence-electron chi connectivity index (χ0n) is 19.8. The number of anilines is 1. The Hall–Kier alpha value is -3.53. The van der Waals surface area contributed by atoms with Gasteiger partial charge in [0.1, 0.15) is 17.4 Å². The molecule has 5 rings (SSSR count). The lowest BCUT2D eigenvalue weighted by molar-refractivity contribution is 0.00590. The van der Waals surface area contributed by atoms with Crippen molar-refractivity contribution in [1.82, 2.24) is 19.2 Å². The summed E-state index contributed by atoms with van der Waals surface area (Å²) in [7, 11) is -2.58. The second-order valence-corrected chi connectivity index (χ2v) is 11.1. The molecule has 1 aromatic heterocycles. The first-order valence-electron chi connectivity index (χ1n) is 11.5. The number of hydrogen-bond donors (Lipinski definition) is 2. The average molecular weight is 513 g/mol. The summed E-state index contributed by atoms with van der Waals surface area (Å²) < 4.78 is 50.3. The van der Waals surface area contributed by atoms with Crippen molar-refractivity contribution in [3.05, 3.63) is 58.4 Å². The SMILES string of the molecule is CCN(C)S(=O)(=O)Nc1ccc(F)c(Oc2ccc3ncn(C4CC5(CNC5)C4)c(=O)c3c2)c1C#N. The van der Waals surface area contributed by atoms with Crippen LogP contribution in [0.2, 0.25) is 0 Å². The summed E-state index contributed by atoms with van der Waals surface area (Å²) in [5.41, 5.74) is 0.0908. The van der Waals surface area contributed by atoms with Crippen molar-refractivity contribution < 1.29 is 17.5 Å². The largest absolute Gasteiger partial charge is 0.453 e. The molecule has 10 nitrogen and oxygen atoms in total. The molecule has 1 saturated heterocycles. The number of benzene rings is 2. The van der Waals surface area contributed by atoms with Crippen LogP contribution in [-0.4, -0.2) is 49.0 Å². The highest BCUT2D eigenvalue weighted by molar-refractivity contribution is 7.90. The van der Waals surface area contributed by atoms with E-state index in [1.807, 2.05) is 6.07 Å². The van der Waals surface area contributed by atoms with Gasteiger partial charge in [0, 0.05) is 32.7 Å². The van der Waals surface area contributed by atoms with Crippen LogP contribution in [0, 0.1) is 22.6 Å². The molecule has 2 fully saturated rings. The number of halogens is 1. The Morgan fingerprint density at radius 2 is 2.08 bits per heavy atom. The van der Waals surface area contributed by atoms with E-state index in [1.54, 1.807) is 23.9 Å². The van der Waals surface area contributed by atoms with Crippen molar-refractivity contribution in [2.75, 3.05) is 31.4 Å². The number of ether oxygens (including phenoxy) is 1. The highest BCUT2D eigenvalue weighted by atomic mass is 32.2. The van der Waals surface area contributed by atoms with Gasteiger partial charge in [-0.2, -0.15) is 18.0 Å². The van der Waals surface area contributed by atoms with E-state index in [4.69, 9.17) is 4.74 Å². The molecule has 0 radical (unpaired) electrons. The fourth-order valence-corrected chi connectivity index (χ4v) is 5.64. The topological polar surface area (TPSA) is 129 Å². The second kappa shape index (κ2) is 8.85. The smallest absolute Gasteiger partial charge is 0.301 e. The predicted octanol–water partition coefficient (Wildman–Crippen LogP) is 2.73. The van der Waals surface area contributed by atoms with Crippen molar-refractivity contribution in [3.63, 3.8) is 0 Å². The molecule has 2 aliphatic rings. The van der Waals surface area contributed by atoms with Gasteiger partial charge in [-0.25, -0.2) is 9.37 Å². The Bertz CT molecular complexity index is 1550. The molecule has 1 aliphatic heterocycles. The van der Waals surface area contributed by atoms with Gasteiger partial charge < -0.3 is 10.1 Å². The molecule has 2 N–H and O–H groups in total. The highest BCUT2D eigenvalue weighted by Gasteiger charge is 2.49. The Morgan fingerprint density at radius 3 is 2.72 bits per heavy atom. The third kappa shape index (κ3) is 4.09. The highest BCUT2D eigenvalue weighted by Crippen LogP contribution is 2.50. The average Bonchev–Trinajstić information content (AvgIpc) is 2.80. The number of nitrogens with zero attached hydrogens (tertiary/aromatic N) is 4. The molecule has 2 aromatic carbocycles. The zero-order chi connectivity index (χ0) is 25.7. The van der Waals surface area contributed by atoms with Crippen molar-refractivity contribution in [3.8, 4) is 17.6 Å². The maximum atomic E-state index is 14.7. The van der Waals surface area contributed by atoms with Gasteiger partial charge in [0.05, 0.1) is 22.9 Å². The van der Waals surface area contributed by atoms with Crippen molar-refractivity contribution in [2.45, 2.75) is 25.8 Å². The molecule has 1 aliphatic carbocycles. The van der Waals surface area contributed by atoms with Crippen LogP contribution in [0.1, 0.15) is 31.4 Å². The van der Waals surface area contributed by atoms with Crippen LogP contribution in [0.4, 0.5) is 10.1 Å². The van der Waals surface area contributed by atoms with Gasteiger partial charge in [-0.3, -0.25) is 14.1 Å². The van der Waals surface area contributed by atoms with E-state index in [-0.39, 0.29) is 40.6 Å². The molecule has 2 heterocycles. The van der Waals surface area contributed by atoms with Crippen molar-refractivity contribution in [2.24, 2.45) is 5.41 Å². The maximum absolute atomic E-state index is 14.7. The maximum Gasteiger partial charge on any atom is 0.301 e. The molecule has 1 spiro atoms. The van der Waals surface area contributed by atoms with Gasteiger partial charge in [0.25, 0.3) is 5.56 Å². The molecule has 36 heavy (non-hydrogen) atoms. The van der Waals surface area contributed by atoms with Gasteiger partial charge >= 0.3 is 10.2 Å². The van der Waals surface area contributed by atoms with E-state index >= 15 is 0 Å². The van der Waals surface area contributed by atoms with Crippen LogP contribution in [0.3, 0.4) is 0 Å². The van der Waals surface area contributed by atoms with Crippen molar-refractivity contribution in [1.29, 1.82) is 5.26 Å². The molecular weight excluding hydrogens is 487 g/mol. The minimum atomic E-state index is -3.95. The van der Waals surface area contributed by atoms with Gasteiger partial charge in [-0.05, 0) is 48.6 Å².